The molecule has 0 aromatic heterocycles. The Bertz CT molecular complexity index is 257. The molecule has 0 N–H and O–H groups in total. The van der Waals surface area contributed by atoms with E-state index in [-0.39, 0.29) is 18.6 Å². The van der Waals surface area contributed by atoms with Crippen LogP contribution in [0.1, 0.15) is 20.8 Å². The van der Waals surface area contributed by atoms with Crippen LogP contribution < -0.4 is 0 Å². The van der Waals surface area contributed by atoms with Gasteiger partial charge in [0, 0.05) is 25.5 Å². The van der Waals surface area contributed by atoms with E-state index in [9.17, 15) is 19.2 Å². The van der Waals surface area contributed by atoms with E-state index in [1.54, 1.807) is 0 Å². The van der Waals surface area contributed by atoms with Crippen LogP contribution in [-0.2, 0) is 42.5 Å². The Morgan fingerprint density at radius 2 is 1.29 bits per heavy atom. The zero-order valence-corrected chi connectivity index (χ0v) is 9.46. The van der Waals surface area contributed by atoms with Crippen LogP contribution in [0.4, 0.5) is 0 Å². The number of carbonyl (C=O) groups excluding carboxylic acids is 4. The smallest absolute Gasteiger partial charge is 0.331 e. The van der Waals surface area contributed by atoms with E-state index in [1.165, 1.54) is 0 Å². The molecule has 0 fully saturated rings. The van der Waals surface area contributed by atoms with Gasteiger partial charge in [-0.25, -0.2) is 0 Å². The summed E-state index contributed by atoms with van der Waals surface area (Å²) in [6.07, 6.45) is 0. The number of ether oxygens (including phenoxy) is 1. The fourth-order valence-electron chi connectivity index (χ4n) is 0.819. The summed E-state index contributed by atoms with van der Waals surface area (Å²) in [5, 5.41) is 0. The van der Waals surface area contributed by atoms with Crippen molar-refractivity contribution in [2.45, 2.75) is 20.8 Å². The normalized spacial score (nSPS) is 8.86. The number of esters is 2. The molecule has 0 unspecified atom stereocenters. The molecule has 0 spiro atoms. The van der Waals surface area contributed by atoms with Gasteiger partial charge in [-0.1, -0.05) is 0 Å². The molecular weight excluding hydrogens is 227 g/mol. The molecular formula is C8H10O5V. The van der Waals surface area contributed by atoms with Gasteiger partial charge in [0.2, 0.25) is 0 Å². The molecule has 0 aromatic rings. The van der Waals surface area contributed by atoms with E-state index in [4.69, 9.17) is 0 Å². The zero-order chi connectivity index (χ0) is 10.6. The van der Waals surface area contributed by atoms with Gasteiger partial charge < -0.3 is 4.74 Å². The van der Waals surface area contributed by atoms with Crippen LogP contribution in [0.3, 0.4) is 0 Å². The summed E-state index contributed by atoms with van der Waals surface area (Å²) in [5.74, 6) is -4.66. The van der Waals surface area contributed by atoms with Crippen LogP contribution >= 0.6 is 0 Å². The first-order valence-corrected chi connectivity index (χ1v) is 3.59. The number of carbonyl (C=O) groups is 4. The first-order valence-electron chi connectivity index (χ1n) is 3.59. The van der Waals surface area contributed by atoms with Crippen LogP contribution in [0.15, 0.2) is 0 Å². The summed E-state index contributed by atoms with van der Waals surface area (Å²) in [6, 6.07) is 0. The third kappa shape index (κ3) is 4.94. The molecule has 0 aliphatic heterocycles. The topological polar surface area (TPSA) is 77.5 Å². The minimum Gasteiger partial charge on any atom is -0.392 e. The first-order chi connectivity index (χ1) is 5.86. The molecule has 0 bridgehead atoms. The van der Waals surface area contributed by atoms with Crippen molar-refractivity contribution in [2.75, 3.05) is 0 Å². The van der Waals surface area contributed by atoms with Gasteiger partial charge in [0.05, 0.1) is 0 Å². The molecule has 1 radical (unpaired) electrons. The van der Waals surface area contributed by atoms with Crippen molar-refractivity contribution < 1.29 is 42.5 Å². The minimum absolute atomic E-state index is 0. The third-order valence-corrected chi connectivity index (χ3v) is 1.29. The number of rotatable bonds is 3. The van der Waals surface area contributed by atoms with E-state index in [2.05, 4.69) is 4.74 Å². The molecule has 77 valence electrons. The average molecular weight is 237 g/mol. The third-order valence-electron chi connectivity index (χ3n) is 1.29. The quantitative estimate of drug-likeness (QED) is 0.504. The fraction of sp³-hybridized carbons (Fsp3) is 0.500. The maximum Gasteiger partial charge on any atom is 0.331 e. The zero-order valence-electron chi connectivity index (χ0n) is 8.07. The summed E-state index contributed by atoms with van der Waals surface area (Å²) in [6.45, 7) is 3.20. The van der Waals surface area contributed by atoms with Gasteiger partial charge in [-0.05, 0) is 13.8 Å². The van der Waals surface area contributed by atoms with Crippen molar-refractivity contribution in [3.8, 4) is 0 Å². The van der Waals surface area contributed by atoms with Crippen LogP contribution in [0.2, 0.25) is 0 Å². The van der Waals surface area contributed by atoms with Crippen molar-refractivity contribution in [3.05, 3.63) is 0 Å². The van der Waals surface area contributed by atoms with E-state index in [1.807, 2.05) is 0 Å². The molecule has 6 heteroatoms. The first kappa shape index (κ1) is 15.5. The number of hydrogen-bond donors (Lipinski definition) is 0. The second kappa shape index (κ2) is 6.51. The molecule has 0 rings (SSSR count). The SMILES string of the molecule is CC(=O)OC(=O)C(C(C)=O)C(C)=O.[V]. The van der Waals surface area contributed by atoms with Crippen molar-refractivity contribution in [3.63, 3.8) is 0 Å². The molecule has 0 aliphatic carbocycles. The van der Waals surface area contributed by atoms with Crippen LogP contribution in [0.25, 0.3) is 0 Å². The summed E-state index contributed by atoms with van der Waals surface area (Å²) >= 11 is 0. The Morgan fingerprint density at radius 1 is 0.929 bits per heavy atom. The fourth-order valence-corrected chi connectivity index (χ4v) is 0.819. The number of Topliss-reactive ketones (excluding diaryl/α,β-unsaturated/α-hetero) is 2. The van der Waals surface area contributed by atoms with Crippen molar-refractivity contribution in [2.24, 2.45) is 5.92 Å². The van der Waals surface area contributed by atoms with Crippen LogP contribution in [0, 0.1) is 5.92 Å². The standard InChI is InChI=1S/C8H10O5.V/c1-4(9)7(5(2)10)8(12)13-6(3)11;/h7H,1-3H3;. The monoisotopic (exact) mass is 237 g/mol. The summed E-state index contributed by atoms with van der Waals surface area (Å²) in [4.78, 5) is 42.8. The van der Waals surface area contributed by atoms with Gasteiger partial charge >= 0.3 is 11.9 Å². The minimum atomic E-state index is -1.47. The summed E-state index contributed by atoms with van der Waals surface area (Å²) < 4.78 is 4.12. The Kier molecular flexibility index (Phi) is 7.22. The van der Waals surface area contributed by atoms with Gasteiger partial charge in [0.15, 0.2) is 17.5 Å². The molecule has 0 aromatic carbocycles. The van der Waals surface area contributed by atoms with Crippen molar-refractivity contribution >= 4 is 23.5 Å². The number of ketones is 2. The molecule has 0 saturated heterocycles. The van der Waals surface area contributed by atoms with Gasteiger partial charge in [0.1, 0.15) is 0 Å². The molecule has 0 aliphatic rings. The predicted octanol–water partition coefficient (Wildman–Crippen LogP) is -0.132. The van der Waals surface area contributed by atoms with Gasteiger partial charge in [-0.15, -0.1) is 0 Å². The Hall–Kier alpha value is -0.936. The molecule has 0 amide bonds. The Balaban J connectivity index is 0. The van der Waals surface area contributed by atoms with Gasteiger partial charge in [-0.3, -0.25) is 19.2 Å². The van der Waals surface area contributed by atoms with Crippen molar-refractivity contribution in [1.29, 1.82) is 0 Å². The maximum atomic E-state index is 11.0. The predicted molar refractivity (Wildman–Crippen MR) is 41.6 cm³/mol. The summed E-state index contributed by atoms with van der Waals surface area (Å²) in [7, 11) is 0. The van der Waals surface area contributed by atoms with Crippen molar-refractivity contribution in [1.82, 2.24) is 0 Å². The largest absolute Gasteiger partial charge is 0.392 e. The van der Waals surface area contributed by atoms with Crippen LogP contribution in [0.5, 0.6) is 0 Å². The molecule has 0 atom stereocenters. The van der Waals surface area contributed by atoms with Gasteiger partial charge in [-0.2, -0.15) is 0 Å². The van der Waals surface area contributed by atoms with Crippen LogP contribution in [-0.4, -0.2) is 23.5 Å². The van der Waals surface area contributed by atoms with E-state index in [0.717, 1.165) is 20.8 Å². The second-order valence-corrected chi connectivity index (χ2v) is 2.57. The molecule has 14 heavy (non-hydrogen) atoms. The second-order valence-electron chi connectivity index (χ2n) is 2.57. The van der Waals surface area contributed by atoms with Gasteiger partial charge in [0.25, 0.3) is 0 Å². The van der Waals surface area contributed by atoms with E-state index < -0.39 is 29.4 Å². The molecule has 5 nitrogen and oxygen atoms in total. The maximum absolute atomic E-state index is 11.0. The Labute approximate surface area is 93.1 Å². The number of hydrogen-bond acceptors (Lipinski definition) is 5. The van der Waals surface area contributed by atoms with E-state index >= 15 is 0 Å². The average Bonchev–Trinajstić information content (AvgIpc) is 1.81. The Morgan fingerprint density at radius 3 is 1.50 bits per heavy atom. The summed E-state index contributed by atoms with van der Waals surface area (Å²) in [5.41, 5.74) is 0. The molecule has 0 heterocycles. The molecule has 0 saturated carbocycles. The van der Waals surface area contributed by atoms with E-state index in [0.29, 0.717) is 0 Å².